The molecule has 2 aromatic heterocycles. The second-order valence-electron chi connectivity index (χ2n) is 5.48. The Balaban J connectivity index is 1.66. The van der Waals surface area contributed by atoms with Crippen LogP contribution in [0.15, 0.2) is 52.0 Å². The van der Waals surface area contributed by atoms with Crippen LogP contribution in [-0.2, 0) is 28.4 Å². The first kappa shape index (κ1) is 18.6. The van der Waals surface area contributed by atoms with Gasteiger partial charge in [-0.15, -0.1) is 0 Å². The van der Waals surface area contributed by atoms with Crippen molar-refractivity contribution in [2.24, 2.45) is 7.05 Å². The molecular formula is C16H17N5O5S. The number of carbonyl (C=O) groups is 1. The molecule has 0 unspecified atom stereocenters. The fourth-order valence-corrected chi connectivity index (χ4v) is 3.23. The lowest BCUT2D eigenvalue weighted by Gasteiger charge is -2.07. The molecule has 1 aromatic carbocycles. The fraction of sp³-hybridized carbons (Fsp3) is 0.188. The maximum Gasteiger partial charge on any atom is 0.411 e. The average molecular weight is 391 g/mol. The molecule has 10 nitrogen and oxygen atoms in total. The highest BCUT2D eigenvalue weighted by Crippen LogP contribution is 2.17. The summed E-state index contributed by atoms with van der Waals surface area (Å²) >= 11 is 0. The van der Waals surface area contributed by atoms with E-state index in [2.05, 4.69) is 24.9 Å². The van der Waals surface area contributed by atoms with Crippen LogP contribution in [0.5, 0.6) is 0 Å². The van der Waals surface area contributed by atoms with Gasteiger partial charge >= 0.3 is 6.09 Å². The summed E-state index contributed by atoms with van der Waals surface area (Å²) in [6.07, 6.45) is 1.20. The summed E-state index contributed by atoms with van der Waals surface area (Å²) in [6.45, 7) is -0.151. The second kappa shape index (κ2) is 7.60. The third kappa shape index (κ3) is 4.33. The molecule has 0 aliphatic carbocycles. The van der Waals surface area contributed by atoms with Gasteiger partial charge in [-0.1, -0.05) is 5.16 Å². The predicted octanol–water partition coefficient (Wildman–Crippen LogP) is 1.73. The number of ether oxygens (including phenoxy) is 1. The summed E-state index contributed by atoms with van der Waals surface area (Å²) < 4.78 is 38.5. The van der Waals surface area contributed by atoms with Gasteiger partial charge in [0.1, 0.15) is 0 Å². The highest BCUT2D eigenvalue weighted by atomic mass is 32.2. The largest absolute Gasteiger partial charge is 0.453 e. The lowest BCUT2D eigenvalue weighted by atomic mass is 10.3. The van der Waals surface area contributed by atoms with Crippen molar-refractivity contribution in [3.8, 4) is 11.5 Å². The fourth-order valence-electron chi connectivity index (χ4n) is 2.25. The molecule has 1 amide bonds. The Morgan fingerprint density at radius 1 is 1.26 bits per heavy atom. The lowest BCUT2D eigenvalue weighted by Crippen LogP contribution is -2.23. The molecule has 27 heavy (non-hydrogen) atoms. The number of anilines is 1. The lowest BCUT2D eigenvalue weighted by molar-refractivity contribution is 0.187. The molecule has 0 spiro atoms. The third-order valence-electron chi connectivity index (χ3n) is 3.65. The molecule has 0 atom stereocenters. The van der Waals surface area contributed by atoms with Gasteiger partial charge in [0.2, 0.25) is 21.7 Å². The van der Waals surface area contributed by atoms with E-state index < -0.39 is 16.1 Å². The molecular weight excluding hydrogens is 374 g/mol. The minimum Gasteiger partial charge on any atom is -0.453 e. The summed E-state index contributed by atoms with van der Waals surface area (Å²) in [6, 6.07) is 9.28. The molecule has 2 N–H and O–H groups in total. The quantitative estimate of drug-likeness (QED) is 0.655. The van der Waals surface area contributed by atoms with Crippen LogP contribution >= 0.6 is 0 Å². The molecule has 0 saturated carbocycles. The molecule has 0 aliphatic rings. The highest BCUT2D eigenvalue weighted by molar-refractivity contribution is 7.89. The SMILES string of the molecule is COC(=O)Nc1ccc(S(=O)(=O)NCc2nc(-c3cccn3C)no2)cc1. The zero-order valence-corrected chi connectivity index (χ0v) is 15.4. The van der Waals surface area contributed by atoms with Gasteiger partial charge in [-0.05, 0) is 36.4 Å². The molecule has 0 saturated heterocycles. The molecule has 142 valence electrons. The molecule has 2 heterocycles. The highest BCUT2D eigenvalue weighted by Gasteiger charge is 2.17. The summed E-state index contributed by atoms with van der Waals surface area (Å²) in [5, 5.41) is 6.28. The van der Waals surface area contributed by atoms with Gasteiger partial charge in [0, 0.05) is 18.9 Å². The van der Waals surface area contributed by atoms with E-state index in [1.165, 1.54) is 31.4 Å². The van der Waals surface area contributed by atoms with Crippen LogP contribution in [0.1, 0.15) is 5.89 Å². The minimum atomic E-state index is -3.79. The van der Waals surface area contributed by atoms with E-state index in [0.717, 1.165) is 5.69 Å². The number of nitrogens with zero attached hydrogens (tertiary/aromatic N) is 3. The molecule has 0 fully saturated rings. The van der Waals surface area contributed by atoms with E-state index in [1.807, 2.05) is 29.9 Å². The number of carbonyl (C=O) groups excluding carboxylic acids is 1. The van der Waals surface area contributed by atoms with Gasteiger partial charge in [-0.25, -0.2) is 17.9 Å². The van der Waals surface area contributed by atoms with E-state index in [4.69, 9.17) is 4.52 Å². The Morgan fingerprint density at radius 2 is 2.00 bits per heavy atom. The van der Waals surface area contributed by atoms with Crippen LogP contribution in [0.25, 0.3) is 11.5 Å². The maximum absolute atomic E-state index is 12.4. The molecule has 3 rings (SSSR count). The van der Waals surface area contributed by atoms with Crippen LogP contribution < -0.4 is 10.0 Å². The van der Waals surface area contributed by atoms with Crippen LogP contribution in [0.4, 0.5) is 10.5 Å². The van der Waals surface area contributed by atoms with Crippen molar-refractivity contribution in [1.29, 1.82) is 0 Å². The van der Waals surface area contributed by atoms with Gasteiger partial charge < -0.3 is 13.8 Å². The normalized spacial score (nSPS) is 11.3. The van der Waals surface area contributed by atoms with Crippen molar-refractivity contribution < 1.29 is 22.5 Å². The van der Waals surface area contributed by atoms with Crippen molar-refractivity contribution in [3.05, 3.63) is 48.5 Å². The summed E-state index contributed by atoms with van der Waals surface area (Å²) in [5.41, 5.74) is 1.16. The summed E-state index contributed by atoms with van der Waals surface area (Å²) in [7, 11) is -0.714. The first-order valence-electron chi connectivity index (χ1n) is 7.78. The number of amides is 1. The average Bonchev–Trinajstić information content (AvgIpc) is 3.29. The van der Waals surface area contributed by atoms with Gasteiger partial charge in [0.25, 0.3) is 0 Å². The number of rotatable bonds is 6. The van der Waals surface area contributed by atoms with Crippen molar-refractivity contribution in [2.45, 2.75) is 11.4 Å². The van der Waals surface area contributed by atoms with Crippen molar-refractivity contribution in [1.82, 2.24) is 19.4 Å². The van der Waals surface area contributed by atoms with Crippen LogP contribution in [-0.4, -0.2) is 36.3 Å². The smallest absolute Gasteiger partial charge is 0.411 e. The number of aryl methyl sites for hydroxylation is 1. The zero-order chi connectivity index (χ0) is 19.4. The van der Waals surface area contributed by atoms with Crippen LogP contribution in [0, 0.1) is 0 Å². The van der Waals surface area contributed by atoms with E-state index in [-0.39, 0.29) is 17.3 Å². The Bertz CT molecular complexity index is 1040. The number of benzene rings is 1. The number of hydrogen-bond acceptors (Lipinski definition) is 7. The summed E-state index contributed by atoms with van der Waals surface area (Å²) in [5.74, 6) is 0.508. The Hall–Kier alpha value is -3.18. The standard InChI is InChI=1S/C16H17N5O5S/c1-21-9-3-4-13(21)15-19-14(26-20-15)10-17-27(23,24)12-7-5-11(6-8-12)18-16(22)25-2/h3-9,17H,10H2,1-2H3,(H,18,22). The number of hydrogen-bond donors (Lipinski definition) is 2. The summed E-state index contributed by atoms with van der Waals surface area (Å²) in [4.78, 5) is 15.3. The number of nitrogens with one attached hydrogen (secondary N) is 2. The van der Waals surface area contributed by atoms with Crippen molar-refractivity contribution >= 4 is 21.8 Å². The Labute approximate surface area is 155 Å². The number of methoxy groups -OCH3 is 1. The maximum atomic E-state index is 12.4. The van der Waals surface area contributed by atoms with Crippen LogP contribution in [0.3, 0.4) is 0 Å². The van der Waals surface area contributed by atoms with Crippen molar-refractivity contribution in [3.63, 3.8) is 0 Å². The molecule has 0 bridgehead atoms. The van der Waals surface area contributed by atoms with Crippen LogP contribution in [0.2, 0.25) is 0 Å². The van der Waals surface area contributed by atoms with E-state index in [0.29, 0.717) is 11.5 Å². The minimum absolute atomic E-state index is 0.0279. The second-order valence-corrected chi connectivity index (χ2v) is 7.25. The first-order valence-corrected chi connectivity index (χ1v) is 9.26. The molecule has 0 aliphatic heterocycles. The molecule has 0 radical (unpaired) electrons. The van der Waals surface area contributed by atoms with Crippen molar-refractivity contribution in [2.75, 3.05) is 12.4 Å². The monoisotopic (exact) mass is 391 g/mol. The topological polar surface area (TPSA) is 128 Å². The number of sulfonamides is 1. The van der Waals surface area contributed by atoms with Gasteiger partial charge in [0.05, 0.1) is 24.2 Å². The first-order chi connectivity index (χ1) is 12.9. The molecule has 3 aromatic rings. The number of aromatic nitrogens is 3. The van der Waals surface area contributed by atoms with E-state index in [1.54, 1.807) is 0 Å². The Kier molecular flexibility index (Phi) is 5.23. The van der Waals surface area contributed by atoms with Gasteiger partial charge in [0.15, 0.2) is 0 Å². The van der Waals surface area contributed by atoms with Gasteiger partial charge in [-0.2, -0.15) is 4.98 Å². The molecule has 11 heteroatoms. The predicted molar refractivity (Wildman–Crippen MR) is 95.2 cm³/mol. The van der Waals surface area contributed by atoms with Gasteiger partial charge in [-0.3, -0.25) is 5.32 Å². The van der Waals surface area contributed by atoms with E-state index in [9.17, 15) is 13.2 Å². The zero-order valence-electron chi connectivity index (χ0n) is 14.5. The Morgan fingerprint density at radius 3 is 2.63 bits per heavy atom. The van der Waals surface area contributed by atoms with E-state index >= 15 is 0 Å². The third-order valence-corrected chi connectivity index (χ3v) is 5.07.